The molecule has 1 N–H and O–H groups in total. The fourth-order valence-electron chi connectivity index (χ4n) is 4.16. The van der Waals surface area contributed by atoms with Gasteiger partial charge in [-0.25, -0.2) is 4.39 Å². The van der Waals surface area contributed by atoms with E-state index >= 15 is 0 Å². The lowest BCUT2D eigenvalue weighted by Crippen LogP contribution is -2.43. The van der Waals surface area contributed by atoms with E-state index in [1.165, 1.54) is 23.2 Å². The van der Waals surface area contributed by atoms with Crippen LogP contribution >= 0.6 is 11.8 Å². The number of fused-ring (bicyclic) bond motifs is 2. The lowest BCUT2D eigenvalue weighted by molar-refractivity contribution is 0.191. The maximum atomic E-state index is 13.6. The maximum Gasteiger partial charge on any atom is 0.251 e. The second-order valence-corrected chi connectivity index (χ2v) is 8.87. The molecule has 0 amide bonds. The minimum atomic E-state index is -0.428. The van der Waals surface area contributed by atoms with Crippen LogP contribution in [0.3, 0.4) is 0 Å². The normalized spacial score (nSPS) is 17.1. The van der Waals surface area contributed by atoms with Crippen LogP contribution in [0.2, 0.25) is 0 Å². The summed E-state index contributed by atoms with van der Waals surface area (Å²) in [5.41, 5.74) is 2.10. The SMILES string of the molecule is O=c1ccc2ncc(F)cc2n1CCN1CCC(NCc2cc3c(cn2)OCS3)CC1. The Morgan fingerprint density at radius 2 is 2.03 bits per heavy atom. The Bertz CT molecular complexity index is 1150. The molecule has 2 aliphatic rings. The smallest absolute Gasteiger partial charge is 0.251 e. The van der Waals surface area contributed by atoms with Crippen LogP contribution in [0.15, 0.2) is 46.3 Å². The zero-order chi connectivity index (χ0) is 21.2. The van der Waals surface area contributed by atoms with E-state index in [2.05, 4.69) is 26.3 Å². The molecule has 5 rings (SSSR count). The van der Waals surface area contributed by atoms with E-state index in [0.29, 0.717) is 29.6 Å². The molecule has 9 heteroatoms. The Kier molecular flexibility index (Phi) is 5.89. The highest BCUT2D eigenvalue weighted by Crippen LogP contribution is 2.35. The molecule has 0 radical (unpaired) electrons. The molecule has 0 bridgehead atoms. The molecule has 0 unspecified atom stereocenters. The van der Waals surface area contributed by atoms with Crippen molar-refractivity contribution in [2.75, 3.05) is 25.6 Å². The summed E-state index contributed by atoms with van der Waals surface area (Å²) in [4.78, 5) is 24.4. The molecular weight excluding hydrogens is 417 g/mol. The van der Waals surface area contributed by atoms with Crippen molar-refractivity contribution in [1.29, 1.82) is 0 Å². The van der Waals surface area contributed by atoms with Crippen molar-refractivity contribution in [2.45, 2.75) is 36.9 Å². The average Bonchev–Trinajstić information content (AvgIpc) is 3.26. The molecule has 5 heterocycles. The second kappa shape index (κ2) is 8.94. The van der Waals surface area contributed by atoms with Gasteiger partial charge in [-0.05, 0) is 38.1 Å². The van der Waals surface area contributed by atoms with Crippen molar-refractivity contribution < 1.29 is 9.13 Å². The first-order chi connectivity index (χ1) is 15.2. The molecule has 0 aromatic carbocycles. The van der Waals surface area contributed by atoms with Crippen molar-refractivity contribution in [3.05, 3.63) is 58.5 Å². The van der Waals surface area contributed by atoms with Crippen LogP contribution < -0.4 is 15.6 Å². The number of ether oxygens (including phenoxy) is 1. The number of nitrogens with one attached hydrogen (secondary N) is 1. The van der Waals surface area contributed by atoms with Gasteiger partial charge in [0.05, 0.1) is 34.0 Å². The quantitative estimate of drug-likeness (QED) is 0.630. The molecule has 7 nitrogen and oxygen atoms in total. The highest BCUT2D eigenvalue weighted by atomic mass is 32.2. The number of likely N-dealkylation sites (tertiary alicyclic amines) is 1. The van der Waals surface area contributed by atoms with E-state index in [1.807, 2.05) is 6.20 Å². The minimum absolute atomic E-state index is 0.123. The molecule has 0 atom stereocenters. The first-order valence-electron chi connectivity index (χ1n) is 10.5. The first kappa shape index (κ1) is 20.4. The standard InChI is InChI=1S/C22H24FN5O2S/c23-15-9-19-18(26-11-15)1-2-22(29)28(19)8-7-27-5-3-16(4-6-27)24-12-17-10-21-20(13-25-17)30-14-31-21/h1-2,9-11,13,16,24H,3-8,12,14H2. The third-order valence-corrected chi connectivity index (χ3v) is 6.79. The van der Waals surface area contributed by atoms with E-state index in [4.69, 9.17) is 4.74 Å². The summed E-state index contributed by atoms with van der Waals surface area (Å²) in [6.45, 7) is 3.96. The Labute approximate surface area is 183 Å². The first-order valence-corrected chi connectivity index (χ1v) is 11.5. The monoisotopic (exact) mass is 441 g/mol. The van der Waals surface area contributed by atoms with Crippen molar-refractivity contribution in [2.24, 2.45) is 0 Å². The van der Waals surface area contributed by atoms with Crippen LogP contribution in [-0.2, 0) is 13.1 Å². The summed E-state index contributed by atoms with van der Waals surface area (Å²) in [5, 5.41) is 3.62. The average molecular weight is 442 g/mol. The van der Waals surface area contributed by atoms with Crippen LogP contribution in [-0.4, -0.2) is 51.0 Å². The number of piperidine rings is 1. The Morgan fingerprint density at radius 1 is 1.16 bits per heavy atom. The number of rotatable bonds is 6. The van der Waals surface area contributed by atoms with E-state index in [-0.39, 0.29) is 5.56 Å². The number of hydrogen-bond donors (Lipinski definition) is 1. The number of aromatic nitrogens is 3. The highest BCUT2D eigenvalue weighted by molar-refractivity contribution is 7.99. The van der Waals surface area contributed by atoms with Gasteiger partial charge >= 0.3 is 0 Å². The van der Waals surface area contributed by atoms with Gasteiger partial charge in [0.2, 0.25) is 0 Å². The number of hydrogen-bond acceptors (Lipinski definition) is 7. The largest absolute Gasteiger partial charge is 0.480 e. The van der Waals surface area contributed by atoms with Crippen LogP contribution in [0.1, 0.15) is 18.5 Å². The zero-order valence-corrected chi connectivity index (χ0v) is 17.9. The summed E-state index contributed by atoms with van der Waals surface area (Å²) in [7, 11) is 0. The number of thioether (sulfide) groups is 1. The summed E-state index contributed by atoms with van der Waals surface area (Å²) >= 11 is 1.70. The van der Waals surface area contributed by atoms with Gasteiger partial charge in [-0.1, -0.05) is 11.8 Å². The van der Waals surface area contributed by atoms with E-state index in [9.17, 15) is 9.18 Å². The topological polar surface area (TPSA) is 72.3 Å². The fraction of sp³-hybridized carbons (Fsp3) is 0.409. The molecule has 1 saturated heterocycles. The predicted molar refractivity (Wildman–Crippen MR) is 118 cm³/mol. The summed E-state index contributed by atoms with van der Waals surface area (Å²) in [5.74, 6) is 1.12. The third-order valence-electron chi connectivity index (χ3n) is 5.92. The Hall–Kier alpha value is -2.49. The van der Waals surface area contributed by atoms with E-state index < -0.39 is 5.82 Å². The third kappa shape index (κ3) is 4.58. The van der Waals surface area contributed by atoms with Crippen LogP contribution in [0, 0.1) is 5.82 Å². The van der Waals surface area contributed by atoms with E-state index in [1.54, 1.807) is 22.4 Å². The molecular formula is C22H24FN5O2S. The van der Waals surface area contributed by atoms with Gasteiger partial charge < -0.3 is 19.5 Å². The van der Waals surface area contributed by atoms with Crippen molar-refractivity contribution in [3.8, 4) is 5.75 Å². The molecule has 3 aromatic rings. The number of pyridine rings is 3. The van der Waals surface area contributed by atoms with Gasteiger partial charge in [0, 0.05) is 37.8 Å². The van der Waals surface area contributed by atoms with Crippen molar-refractivity contribution >= 4 is 22.8 Å². The van der Waals surface area contributed by atoms with Crippen LogP contribution in [0.5, 0.6) is 5.75 Å². The number of halogens is 1. The summed E-state index contributed by atoms with van der Waals surface area (Å²) < 4.78 is 20.7. The molecule has 1 fully saturated rings. The summed E-state index contributed by atoms with van der Waals surface area (Å²) in [6.07, 6.45) is 5.08. The minimum Gasteiger partial charge on any atom is -0.480 e. The molecule has 0 aliphatic carbocycles. The molecule has 162 valence electrons. The molecule has 2 aliphatic heterocycles. The van der Waals surface area contributed by atoms with Gasteiger partial charge in [0.1, 0.15) is 11.8 Å². The second-order valence-electron chi connectivity index (χ2n) is 7.91. The Balaban J connectivity index is 1.13. The van der Waals surface area contributed by atoms with Crippen molar-refractivity contribution in [3.63, 3.8) is 0 Å². The maximum absolute atomic E-state index is 13.6. The lowest BCUT2D eigenvalue weighted by atomic mass is 10.0. The predicted octanol–water partition coefficient (Wildman–Crippen LogP) is 2.63. The molecule has 31 heavy (non-hydrogen) atoms. The zero-order valence-electron chi connectivity index (χ0n) is 17.1. The van der Waals surface area contributed by atoms with Gasteiger partial charge in [-0.2, -0.15) is 0 Å². The summed E-state index contributed by atoms with van der Waals surface area (Å²) in [6, 6.07) is 7.09. The van der Waals surface area contributed by atoms with Gasteiger partial charge in [0.15, 0.2) is 5.75 Å². The molecule has 0 spiro atoms. The Morgan fingerprint density at radius 3 is 2.90 bits per heavy atom. The molecule has 0 saturated carbocycles. The highest BCUT2D eigenvalue weighted by Gasteiger charge is 2.20. The molecule has 3 aromatic heterocycles. The van der Waals surface area contributed by atoms with Gasteiger partial charge in [0.25, 0.3) is 5.56 Å². The van der Waals surface area contributed by atoms with Crippen LogP contribution in [0.4, 0.5) is 4.39 Å². The van der Waals surface area contributed by atoms with Crippen LogP contribution in [0.25, 0.3) is 11.0 Å². The lowest BCUT2D eigenvalue weighted by Gasteiger charge is -2.32. The van der Waals surface area contributed by atoms with Gasteiger partial charge in [-0.15, -0.1) is 0 Å². The fourth-order valence-corrected chi connectivity index (χ4v) is 4.95. The van der Waals surface area contributed by atoms with Gasteiger partial charge in [-0.3, -0.25) is 14.8 Å². The van der Waals surface area contributed by atoms with Crippen molar-refractivity contribution in [1.82, 2.24) is 24.8 Å². The number of nitrogens with zero attached hydrogens (tertiary/aromatic N) is 4. The van der Waals surface area contributed by atoms with E-state index in [0.717, 1.165) is 50.5 Å².